The second-order valence-electron chi connectivity index (χ2n) is 9.74. The van der Waals surface area contributed by atoms with E-state index < -0.39 is 11.6 Å². The first-order valence-corrected chi connectivity index (χ1v) is 12.8. The number of rotatable bonds is 6. The van der Waals surface area contributed by atoms with E-state index in [2.05, 4.69) is 44.5 Å². The summed E-state index contributed by atoms with van der Waals surface area (Å²) in [7, 11) is 0. The third kappa shape index (κ3) is 5.12. The molecule has 38 heavy (non-hydrogen) atoms. The summed E-state index contributed by atoms with van der Waals surface area (Å²) in [6.45, 7) is 6.31. The van der Waals surface area contributed by atoms with Gasteiger partial charge in [-0.1, -0.05) is 30.3 Å². The van der Waals surface area contributed by atoms with Gasteiger partial charge in [0.2, 0.25) is 5.95 Å². The van der Waals surface area contributed by atoms with Crippen LogP contribution in [-0.4, -0.2) is 47.7 Å². The lowest BCUT2D eigenvalue weighted by Gasteiger charge is -2.29. The first-order valence-electron chi connectivity index (χ1n) is 12.8. The Morgan fingerprint density at radius 1 is 1.00 bits per heavy atom. The first kappa shape index (κ1) is 24.5. The molecule has 4 heterocycles. The fourth-order valence-electron chi connectivity index (χ4n) is 5.09. The Labute approximate surface area is 220 Å². The fourth-order valence-corrected chi connectivity index (χ4v) is 5.09. The molecule has 0 atom stereocenters. The van der Waals surface area contributed by atoms with Crippen LogP contribution in [0.4, 0.5) is 26.1 Å². The molecule has 0 aliphatic carbocycles. The van der Waals surface area contributed by atoms with Crippen molar-refractivity contribution >= 4 is 17.3 Å². The van der Waals surface area contributed by atoms with E-state index in [0.717, 1.165) is 42.9 Å². The molecule has 0 radical (unpaired) electrons. The molecule has 0 spiro atoms. The Morgan fingerprint density at radius 3 is 2.53 bits per heavy atom. The van der Waals surface area contributed by atoms with Crippen LogP contribution in [0.1, 0.15) is 22.5 Å². The molecule has 9 heteroatoms. The van der Waals surface area contributed by atoms with Gasteiger partial charge >= 0.3 is 0 Å². The summed E-state index contributed by atoms with van der Waals surface area (Å²) in [6.07, 6.45) is 2.51. The van der Waals surface area contributed by atoms with Gasteiger partial charge in [0.25, 0.3) is 0 Å². The van der Waals surface area contributed by atoms with Crippen LogP contribution in [0.5, 0.6) is 0 Å². The van der Waals surface area contributed by atoms with E-state index in [0.29, 0.717) is 37.8 Å². The molecule has 2 aromatic heterocycles. The second kappa shape index (κ2) is 10.5. The van der Waals surface area contributed by atoms with E-state index in [1.165, 1.54) is 17.7 Å². The Balaban J connectivity index is 1.20. The number of aryl methyl sites for hydroxylation is 1. The summed E-state index contributed by atoms with van der Waals surface area (Å²) in [4.78, 5) is 13.0. The van der Waals surface area contributed by atoms with E-state index in [4.69, 9.17) is 9.15 Å². The average Bonchev–Trinajstić information content (AvgIpc) is 3.34. The molecule has 1 saturated heterocycles. The van der Waals surface area contributed by atoms with Gasteiger partial charge in [0.1, 0.15) is 17.1 Å². The van der Waals surface area contributed by atoms with Gasteiger partial charge in [-0.15, -0.1) is 0 Å². The number of nitrogens with zero attached hydrogens (tertiary/aromatic N) is 4. The van der Waals surface area contributed by atoms with Crippen molar-refractivity contribution in [2.75, 3.05) is 43.1 Å². The van der Waals surface area contributed by atoms with Gasteiger partial charge in [-0.2, -0.15) is 0 Å². The van der Waals surface area contributed by atoms with Crippen molar-refractivity contribution in [3.8, 4) is 11.5 Å². The minimum absolute atomic E-state index is 0.0353. The van der Waals surface area contributed by atoms with Crippen LogP contribution in [0.3, 0.4) is 0 Å². The van der Waals surface area contributed by atoms with E-state index in [9.17, 15) is 8.78 Å². The molecule has 2 aromatic carbocycles. The lowest BCUT2D eigenvalue weighted by atomic mass is 10.1. The van der Waals surface area contributed by atoms with Gasteiger partial charge in [0.15, 0.2) is 17.4 Å². The van der Waals surface area contributed by atoms with Crippen molar-refractivity contribution in [2.24, 2.45) is 0 Å². The van der Waals surface area contributed by atoms with E-state index in [1.807, 2.05) is 19.1 Å². The standard InChI is InChI=1S/C29H29F2N5O2/c1-19-16-32-29(33-22-14-23(30)28(24(31)15-22)36-9-11-37-12-10-36)34-27(19)26-13-21-18-35(8-7-25(21)38-26)17-20-5-3-2-4-6-20/h2-6,13-16H,7-12,17-18H2,1H3,(H,32,33,34). The third-order valence-electron chi connectivity index (χ3n) is 7.00. The highest BCUT2D eigenvalue weighted by Crippen LogP contribution is 2.32. The first-order chi connectivity index (χ1) is 18.5. The van der Waals surface area contributed by atoms with Crippen LogP contribution in [0.15, 0.2) is 59.1 Å². The largest absolute Gasteiger partial charge is 0.459 e. The zero-order valence-corrected chi connectivity index (χ0v) is 21.2. The number of morpholine rings is 1. The molecule has 1 N–H and O–H groups in total. The molecular weight excluding hydrogens is 488 g/mol. The van der Waals surface area contributed by atoms with Crippen LogP contribution in [-0.2, 0) is 24.2 Å². The molecule has 0 saturated carbocycles. The Morgan fingerprint density at radius 2 is 1.76 bits per heavy atom. The fraction of sp³-hybridized carbons (Fsp3) is 0.310. The SMILES string of the molecule is Cc1cnc(Nc2cc(F)c(N3CCOCC3)c(F)c2)nc1-c1cc2c(o1)CCN(Cc1ccccc1)C2. The van der Waals surface area contributed by atoms with Crippen LogP contribution < -0.4 is 10.2 Å². The normalized spacial score (nSPS) is 15.9. The molecule has 4 aromatic rings. The Hall–Kier alpha value is -3.82. The highest BCUT2D eigenvalue weighted by molar-refractivity contribution is 5.64. The Kier molecular flexibility index (Phi) is 6.78. The number of nitrogens with one attached hydrogen (secondary N) is 1. The predicted molar refractivity (Wildman–Crippen MR) is 141 cm³/mol. The molecular formula is C29H29F2N5O2. The molecule has 6 rings (SSSR count). The number of ether oxygens (including phenoxy) is 1. The van der Waals surface area contributed by atoms with Crippen molar-refractivity contribution in [3.05, 3.63) is 88.8 Å². The molecule has 0 amide bonds. The van der Waals surface area contributed by atoms with E-state index >= 15 is 0 Å². The third-order valence-corrected chi connectivity index (χ3v) is 7.00. The Bertz CT molecular complexity index is 1410. The zero-order valence-electron chi connectivity index (χ0n) is 21.2. The van der Waals surface area contributed by atoms with E-state index in [1.54, 1.807) is 11.1 Å². The molecule has 2 aliphatic rings. The minimum atomic E-state index is -0.638. The number of aromatic nitrogens is 2. The smallest absolute Gasteiger partial charge is 0.227 e. The predicted octanol–water partition coefficient (Wildman–Crippen LogP) is 5.46. The maximum atomic E-state index is 14.9. The number of hydrogen-bond donors (Lipinski definition) is 1. The summed E-state index contributed by atoms with van der Waals surface area (Å²) >= 11 is 0. The number of fused-ring (bicyclic) bond motifs is 1. The highest BCUT2D eigenvalue weighted by atomic mass is 19.1. The number of benzene rings is 2. The van der Waals surface area contributed by atoms with Crippen molar-refractivity contribution in [2.45, 2.75) is 26.4 Å². The molecule has 1 fully saturated rings. The maximum absolute atomic E-state index is 14.9. The van der Waals surface area contributed by atoms with Gasteiger partial charge in [-0.3, -0.25) is 4.90 Å². The number of furan rings is 1. The summed E-state index contributed by atoms with van der Waals surface area (Å²) in [5.74, 6) is 0.601. The average molecular weight is 518 g/mol. The second-order valence-corrected chi connectivity index (χ2v) is 9.74. The molecule has 0 bridgehead atoms. The van der Waals surface area contributed by atoms with E-state index in [-0.39, 0.29) is 17.3 Å². The molecule has 7 nitrogen and oxygen atoms in total. The zero-order chi connectivity index (χ0) is 26.1. The minimum Gasteiger partial charge on any atom is -0.459 e. The van der Waals surface area contributed by atoms with Gasteiger partial charge in [0.05, 0.1) is 13.2 Å². The lowest BCUT2D eigenvalue weighted by Crippen LogP contribution is -2.37. The number of hydrogen-bond acceptors (Lipinski definition) is 7. The summed E-state index contributed by atoms with van der Waals surface area (Å²) in [6, 6.07) is 15.0. The van der Waals surface area contributed by atoms with Gasteiger partial charge in [0, 0.05) is 56.6 Å². The summed E-state index contributed by atoms with van der Waals surface area (Å²) in [5, 5.41) is 2.95. The van der Waals surface area contributed by atoms with Gasteiger partial charge in [-0.05, 0) is 36.2 Å². The number of anilines is 3. The van der Waals surface area contributed by atoms with Crippen LogP contribution in [0.25, 0.3) is 11.5 Å². The maximum Gasteiger partial charge on any atom is 0.227 e. The van der Waals surface area contributed by atoms with Crippen LogP contribution >= 0.6 is 0 Å². The van der Waals surface area contributed by atoms with Gasteiger partial charge < -0.3 is 19.4 Å². The molecule has 196 valence electrons. The summed E-state index contributed by atoms with van der Waals surface area (Å²) in [5.41, 5.74) is 4.14. The molecule has 2 aliphatic heterocycles. The summed E-state index contributed by atoms with van der Waals surface area (Å²) < 4.78 is 41.3. The van der Waals surface area contributed by atoms with Gasteiger partial charge in [-0.25, -0.2) is 18.7 Å². The lowest BCUT2D eigenvalue weighted by molar-refractivity contribution is 0.122. The topological polar surface area (TPSA) is 66.7 Å². The van der Waals surface area contributed by atoms with Crippen LogP contribution in [0.2, 0.25) is 0 Å². The molecule has 0 unspecified atom stereocenters. The van der Waals surface area contributed by atoms with Crippen LogP contribution in [0, 0.1) is 18.6 Å². The highest BCUT2D eigenvalue weighted by Gasteiger charge is 2.24. The monoisotopic (exact) mass is 517 g/mol. The van der Waals surface area contributed by atoms with Crippen molar-refractivity contribution in [1.82, 2.24) is 14.9 Å². The quantitative estimate of drug-likeness (QED) is 0.364. The van der Waals surface area contributed by atoms with Crippen molar-refractivity contribution in [1.29, 1.82) is 0 Å². The number of halogens is 2. The van der Waals surface area contributed by atoms with Crippen molar-refractivity contribution < 1.29 is 17.9 Å². The van der Waals surface area contributed by atoms with Crippen molar-refractivity contribution in [3.63, 3.8) is 0 Å².